The van der Waals surface area contributed by atoms with Crippen molar-refractivity contribution in [3.8, 4) is 0 Å². The highest BCUT2D eigenvalue weighted by Crippen LogP contribution is 2.08. The Bertz CT molecular complexity index is 409. The lowest BCUT2D eigenvalue weighted by atomic mass is 10.2. The van der Waals surface area contributed by atoms with E-state index >= 15 is 0 Å². The Morgan fingerprint density at radius 3 is 3.06 bits per heavy atom. The van der Waals surface area contributed by atoms with Crippen molar-refractivity contribution in [2.24, 2.45) is 0 Å². The van der Waals surface area contributed by atoms with Gasteiger partial charge in [0.15, 0.2) is 5.03 Å². The van der Waals surface area contributed by atoms with Crippen molar-refractivity contribution in [3.05, 3.63) is 12.5 Å². The molecule has 7 heteroatoms. The molecule has 6 nitrogen and oxygen atoms in total. The monoisotopic (exact) mass is 244 g/mol. The number of aromatic nitrogens is 2. The Morgan fingerprint density at radius 1 is 1.56 bits per heavy atom. The van der Waals surface area contributed by atoms with Crippen LogP contribution in [0.3, 0.4) is 0 Å². The maximum atomic E-state index is 11.7. The normalized spacial score (nSPS) is 21.4. The number of sulfonamides is 1. The molecule has 0 unspecified atom stereocenters. The zero-order valence-electron chi connectivity index (χ0n) is 8.94. The van der Waals surface area contributed by atoms with Crippen LogP contribution in [0.1, 0.15) is 19.3 Å². The van der Waals surface area contributed by atoms with E-state index < -0.39 is 10.0 Å². The van der Waals surface area contributed by atoms with E-state index in [-0.39, 0.29) is 5.03 Å². The number of nitrogens with zero attached hydrogens (tertiary/aromatic N) is 1. The summed E-state index contributed by atoms with van der Waals surface area (Å²) in [5.41, 5.74) is 0. The number of hydrogen-bond acceptors (Lipinski definition) is 4. The molecule has 0 aromatic carbocycles. The number of H-pyrrole nitrogens is 1. The van der Waals surface area contributed by atoms with Gasteiger partial charge in [-0.2, -0.15) is 0 Å². The van der Waals surface area contributed by atoms with Crippen molar-refractivity contribution in [2.75, 3.05) is 13.1 Å². The Hall–Kier alpha value is -0.920. The molecule has 0 aliphatic carbocycles. The summed E-state index contributed by atoms with van der Waals surface area (Å²) in [5.74, 6) is 0. The molecule has 0 spiro atoms. The molecule has 2 heterocycles. The first-order valence-electron chi connectivity index (χ1n) is 5.40. The SMILES string of the molecule is O=S(=O)(NCC[C@@H]1CCCN1)c1cnc[nH]1. The zero-order valence-corrected chi connectivity index (χ0v) is 9.76. The minimum Gasteiger partial charge on any atom is -0.335 e. The van der Waals surface area contributed by atoms with Crippen molar-refractivity contribution in [2.45, 2.75) is 30.3 Å². The lowest BCUT2D eigenvalue weighted by Gasteiger charge is -2.10. The minimum atomic E-state index is -3.40. The minimum absolute atomic E-state index is 0.117. The van der Waals surface area contributed by atoms with Gasteiger partial charge in [0, 0.05) is 12.6 Å². The van der Waals surface area contributed by atoms with Crippen LogP contribution < -0.4 is 10.0 Å². The maximum absolute atomic E-state index is 11.7. The van der Waals surface area contributed by atoms with Gasteiger partial charge in [0.05, 0.1) is 12.5 Å². The molecular weight excluding hydrogens is 228 g/mol. The first kappa shape index (κ1) is 11.6. The van der Waals surface area contributed by atoms with Crippen LogP contribution in [0.5, 0.6) is 0 Å². The molecule has 2 rings (SSSR count). The summed E-state index contributed by atoms with van der Waals surface area (Å²) in [4.78, 5) is 6.27. The molecule has 3 N–H and O–H groups in total. The molecule has 90 valence electrons. The topological polar surface area (TPSA) is 86.9 Å². The number of imidazole rings is 1. The van der Waals surface area contributed by atoms with E-state index in [0.29, 0.717) is 12.6 Å². The van der Waals surface area contributed by atoms with Gasteiger partial charge in [-0.25, -0.2) is 18.1 Å². The fourth-order valence-corrected chi connectivity index (χ4v) is 2.79. The van der Waals surface area contributed by atoms with Gasteiger partial charge in [0.1, 0.15) is 0 Å². The van der Waals surface area contributed by atoms with E-state index in [1.807, 2.05) is 0 Å². The van der Waals surface area contributed by atoms with Gasteiger partial charge >= 0.3 is 0 Å². The Morgan fingerprint density at radius 2 is 2.44 bits per heavy atom. The van der Waals surface area contributed by atoms with Gasteiger partial charge in [-0.3, -0.25) is 0 Å². The molecule has 1 saturated heterocycles. The highest BCUT2D eigenvalue weighted by Gasteiger charge is 2.17. The molecule has 1 aliphatic heterocycles. The summed E-state index contributed by atoms with van der Waals surface area (Å²) in [6, 6.07) is 0.449. The van der Waals surface area contributed by atoms with Crippen LogP contribution in [-0.4, -0.2) is 37.5 Å². The van der Waals surface area contributed by atoms with Crippen molar-refractivity contribution in [1.82, 2.24) is 20.0 Å². The number of rotatable bonds is 5. The van der Waals surface area contributed by atoms with E-state index in [4.69, 9.17) is 0 Å². The van der Waals surface area contributed by atoms with Crippen molar-refractivity contribution >= 4 is 10.0 Å². The third-order valence-corrected chi connectivity index (χ3v) is 4.10. The summed E-state index contributed by atoms with van der Waals surface area (Å²) >= 11 is 0. The third-order valence-electron chi connectivity index (χ3n) is 2.71. The van der Waals surface area contributed by atoms with Gasteiger partial charge in [-0.15, -0.1) is 0 Å². The third kappa shape index (κ3) is 2.81. The molecule has 0 radical (unpaired) electrons. The Labute approximate surface area is 94.9 Å². The number of aromatic amines is 1. The quantitative estimate of drug-likeness (QED) is 0.671. The summed E-state index contributed by atoms with van der Waals surface area (Å²) in [6.45, 7) is 1.50. The lowest BCUT2D eigenvalue weighted by molar-refractivity contribution is 0.538. The van der Waals surface area contributed by atoms with Crippen molar-refractivity contribution < 1.29 is 8.42 Å². The van der Waals surface area contributed by atoms with E-state index in [1.54, 1.807) is 0 Å². The lowest BCUT2D eigenvalue weighted by Crippen LogP contribution is -2.30. The summed E-state index contributed by atoms with van der Waals surface area (Å²) < 4.78 is 25.9. The fourth-order valence-electron chi connectivity index (χ4n) is 1.84. The van der Waals surface area contributed by atoms with Crippen LogP contribution in [0.4, 0.5) is 0 Å². The molecule has 1 aliphatic rings. The fraction of sp³-hybridized carbons (Fsp3) is 0.667. The van der Waals surface area contributed by atoms with E-state index in [2.05, 4.69) is 20.0 Å². The van der Waals surface area contributed by atoms with Crippen LogP contribution in [0.2, 0.25) is 0 Å². The zero-order chi connectivity index (χ0) is 11.4. The second kappa shape index (κ2) is 4.94. The Kier molecular flexibility index (Phi) is 3.57. The van der Waals surface area contributed by atoms with Gasteiger partial charge < -0.3 is 10.3 Å². The molecule has 1 aromatic rings. The second-order valence-corrected chi connectivity index (χ2v) is 5.63. The average molecular weight is 244 g/mol. The van der Waals surface area contributed by atoms with Gasteiger partial charge in [-0.1, -0.05) is 0 Å². The summed E-state index contributed by atoms with van der Waals surface area (Å²) in [7, 11) is -3.40. The van der Waals surface area contributed by atoms with Crippen LogP contribution in [0.15, 0.2) is 17.6 Å². The average Bonchev–Trinajstić information content (AvgIpc) is 2.90. The van der Waals surface area contributed by atoms with Crippen LogP contribution in [0, 0.1) is 0 Å². The summed E-state index contributed by atoms with van der Waals surface area (Å²) in [5, 5.41) is 3.44. The highest BCUT2D eigenvalue weighted by molar-refractivity contribution is 7.89. The van der Waals surface area contributed by atoms with E-state index in [1.165, 1.54) is 18.9 Å². The summed E-state index contributed by atoms with van der Waals surface area (Å²) in [6.07, 6.45) is 5.79. The molecule has 1 aromatic heterocycles. The molecule has 0 amide bonds. The smallest absolute Gasteiger partial charge is 0.257 e. The van der Waals surface area contributed by atoms with Crippen LogP contribution >= 0.6 is 0 Å². The predicted molar refractivity (Wildman–Crippen MR) is 59.4 cm³/mol. The van der Waals surface area contributed by atoms with Crippen LogP contribution in [-0.2, 0) is 10.0 Å². The molecule has 0 saturated carbocycles. The molecule has 16 heavy (non-hydrogen) atoms. The van der Waals surface area contributed by atoms with Crippen molar-refractivity contribution in [1.29, 1.82) is 0 Å². The molecule has 1 atom stereocenters. The molecule has 0 bridgehead atoms. The van der Waals surface area contributed by atoms with Gasteiger partial charge in [0.2, 0.25) is 0 Å². The largest absolute Gasteiger partial charge is 0.335 e. The van der Waals surface area contributed by atoms with Gasteiger partial charge in [0.25, 0.3) is 10.0 Å². The predicted octanol–water partition coefficient (Wildman–Crippen LogP) is -0.170. The van der Waals surface area contributed by atoms with Crippen molar-refractivity contribution in [3.63, 3.8) is 0 Å². The van der Waals surface area contributed by atoms with Crippen LogP contribution in [0.25, 0.3) is 0 Å². The standard InChI is InChI=1S/C9H16N4O2S/c14-16(15,9-6-10-7-12-9)13-5-3-8-2-1-4-11-8/h6-8,11,13H,1-5H2,(H,10,12)/t8-/m0/s1. The molecule has 1 fully saturated rings. The first-order valence-corrected chi connectivity index (χ1v) is 6.88. The second-order valence-electron chi connectivity index (χ2n) is 3.90. The Balaban J connectivity index is 1.81. The molecular formula is C9H16N4O2S. The van der Waals surface area contributed by atoms with Gasteiger partial charge in [-0.05, 0) is 25.8 Å². The maximum Gasteiger partial charge on any atom is 0.257 e. The first-order chi connectivity index (χ1) is 7.68. The van der Waals surface area contributed by atoms with E-state index in [0.717, 1.165) is 19.4 Å². The number of hydrogen-bond donors (Lipinski definition) is 3. The van der Waals surface area contributed by atoms with E-state index in [9.17, 15) is 8.42 Å². The number of nitrogens with one attached hydrogen (secondary N) is 3. The highest BCUT2D eigenvalue weighted by atomic mass is 32.2.